The van der Waals surface area contributed by atoms with Crippen LogP contribution in [-0.2, 0) is 9.47 Å². The summed E-state index contributed by atoms with van der Waals surface area (Å²) in [5.74, 6) is 0. The molecule has 0 radical (unpaired) electrons. The number of methoxy groups -OCH3 is 2. The van der Waals surface area contributed by atoms with Crippen LogP contribution in [0.25, 0.3) is 11.1 Å². The summed E-state index contributed by atoms with van der Waals surface area (Å²) in [7, 11) is 3.47. The van der Waals surface area contributed by atoms with E-state index in [-0.39, 0.29) is 12.2 Å². The molecule has 2 aromatic rings. The van der Waals surface area contributed by atoms with Crippen LogP contribution in [0.2, 0.25) is 0 Å². The molecule has 2 unspecified atom stereocenters. The van der Waals surface area contributed by atoms with Gasteiger partial charge in [0.2, 0.25) is 0 Å². The maximum atomic E-state index is 5.61. The highest BCUT2D eigenvalue weighted by molar-refractivity contribution is 5.70. The molecule has 0 spiro atoms. The van der Waals surface area contributed by atoms with Crippen molar-refractivity contribution in [1.82, 2.24) is 0 Å². The molecule has 2 aliphatic rings. The van der Waals surface area contributed by atoms with Crippen molar-refractivity contribution >= 4 is 0 Å². The monoisotopic (exact) mass is 240 g/mol. The predicted molar refractivity (Wildman–Crippen MR) is 71.4 cm³/mol. The summed E-state index contributed by atoms with van der Waals surface area (Å²) in [6.07, 6.45) is 0.0117. The van der Waals surface area contributed by atoms with E-state index in [4.69, 9.17) is 9.47 Å². The molecule has 0 saturated carbocycles. The summed E-state index contributed by atoms with van der Waals surface area (Å²) >= 11 is 0. The highest BCUT2D eigenvalue weighted by Crippen LogP contribution is 2.45. The second kappa shape index (κ2) is 4.56. The molecule has 0 N–H and O–H groups in total. The van der Waals surface area contributed by atoms with Gasteiger partial charge < -0.3 is 9.47 Å². The minimum absolute atomic E-state index is 0.00444. The van der Waals surface area contributed by atoms with Gasteiger partial charge in [0.05, 0.1) is 0 Å². The van der Waals surface area contributed by atoms with E-state index in [0.29, 0.717) is 0 Å². The average Bonchev–Trinajstić information content (AvgIpc) is 2.47. The zero-order valence-corrected chi connectivity index (χ0v) is 10.6. The van der Waals surface area contributed by atoms with E-state index in [2.05, 4.69) is 42.5 Å². The van der Waals surface area contributed by atoms with Gasteiger partial charge in [0.15, 0.2) is 0 Å². The molecule has 0 saturated heterocycles. The van der Waals surface area contributed by atoms with E-state index in [0.717, 1.165) is 0 Å². The third-order valence-electron chi connectivity index (χ3n) is 3.58. The molecule has 0 heterocycles. The zero-order valence-electron chi connectivity index (χ0n) is 10.6. The Morgan fingerprint density at radius 1 is 0.833 bits per heavy atom. The summed E-state index contributed by atoms with van der Waals surface area (Å²) in [5, 5.41) is 0. The SMILES string of the molecule is COC1c2ccc(c(-c3ccccc3)c2)C1OC. The standard InChI is InChI=1S/C16H16O2/c1-17-15-12-8-9-13(16(15)18-2)14(10-12)11-6-4-3-5-7-11/h3-10,15-16H,1-2H3. The van der Waals surface area contributed by atoms with Crippen molar-refractivity contribution in [2.24, 2.45) is 0 Å². The van der Waals surface area contributed by atoms with Crippen LogP contribution in [0.5, 0.6) is 0 Å². The Kier molecular flexibility index (Phi) is 2.90. The molecule has 2 heteroatoms. The molecule has 0 fully saturated rings. The molecule has 0 aliphatic heterocycles. The van der Waals surface area contributed by atoms with E-state index in [1.807, 2.05) is 6.07 Å². The number of ether oxygens (including phenoxy) is 2. The smallest absolute Gasteiger partial charge is 0.113 e. The summed E-state index contributed by atoms with van der Waals surface area (Å²) in [5.41, 5.74) is 4.85. The van der Waals surface area contributed by atoms with Gasteiger partial charge in [0, 0.05) is 14.2 Å². The highest BCUT2D eigenvalue weighted by atomic mass is 16.5. The van der Waals surface area contributed by atoms with Crippen LogP contribution >= 0.6 is 0 Å². The molecular weight excluding hydrogens is 224 g/mol. The first-order valence-corrected chi connectivity index (χ1v) is 6.10. The Hall–Kier alpha value is -1.64. The lowest BCUT2D eigenvalue weighted by atomic mass is 9.83. The molecule has 0 amide bonds. The lowest BCUT2D eigenvalue weighted by molar-refractivity contribution is -0.0426. The first-order chi connectivity index (χ1) is 8.85. The molecule has 0 aromatic heterocycles. The van der Waals surface area contributed by atoms with Crippen LogP contribution in [0.15, 0.2) is 48.5 Å². The third kappa shape index (κ3) is 1.65. The minimum atomic E-state index is -0.00444. The molecule has 18 heavy (non-hydrogen) atoms. The second-order valence-corrected chi connectivity index (χ2v) is 4.53. The van der Waals surface area contributed by atoms with Gasteiger partial charge in [-0.25, -0.2) is 0 Å². The number of benzene rings is 2. The average molecular weight is 240 g/mol. The normalized spacial score (nSPS) is 21.2. The Morgan fingerprint density at radius 2 is 1.56 bits per heavy atom. The Balaban J connectivity index is 2.14. The lowest BCUT2D eigenvalue weighted by Crippen LogP contribution is -2.20. The predicted octanol–water partition coefficient (Wildman–Crippen LogP) is 3.74. The number of hydrogen-bond donors (Lipinski definition) is 0. The van der Waals surface area contributed by atoms with E-state index in [1.165, 1.54) is 22.3 Å². The Bertz CT molecular complexity index is 548. The quantitative estimate of drug-likeness (QED) is 0.813. The van der Waals surface area contributed by atoms with Crippen LogP contribution in [0.4, 0.5) is 0 Å². The van der Waals surface area contributed by atoms with E-state index >= 15 is 0 Å². The van der Waals surface area contributed by atoms with Crippen molar-refractivity contribution in [3.05, 3.63) is 59.7 Å². The van der Waals surface area contributed by atoms with Crippen LogP contribution < -0.4 is 0 Å². The van der Waals surface area contributed by atoms with Crippen molar-refractivity contribution in [3.63, 3.8) is 0 Å². The van der Waals surface area contributed by atoms with E-state index in [1.54, 1.807) is 14.2 Å². The fourth-order valence-electron chi connectivity index (χ4n) is 2.71. The maximum absolute atomic E-state index is 5.61. The van der Waals surface area contributed by atoms with Crippen molar-refractivity contribution in [3.8, 4) is 11.1 Å². The van der Waals surface area contributed by atoms with E-state index < -0.39 is 0 Å². The van der Waals surface area contributed by atoms with Crippen molar-refractivity contribution < 1.29 is 9.47 Å². The van der Waals surface area contributed by atoms with Crippen molar-refractivity contribution in [2.75, 3.05) is 14.2 Å². The number of rotatable bonds is 3. The molecule has 2 atom stereocenters. The topological polar surface area (TPSA) is 18.5 Å². The summed E-state index contributed by atoms with van der Waals surface area (Å²) in [6.45, 7) is 0. The highest BCUT2D eigenvalue weighted by Gasteiger charge is 2.32. The zero-order chi connectivity index (χ0) is 12.5. The summed E-state index contributed by atoms with van der Waals surface area (Å²) in [4.78, 5) is 0. The van der Waals surface area contributed by atoms with Gasteiger partial charge in [-0.15, -0.1) is 0 Å². The lowest BCUT2D eigenvalue weighted by Gasteiger charge is -2.33. The van der Waals surface area contributed by atoms with Gasteiger partial charge in [-0.3, -0.25) is 0 Å². The van der Waals surface area contributed by atoms with Crippen LogP contribution in [-0.4, -0.2) is 14.2 Å². The second-order valence-electron chi connectivity index (χ2n) is 4.53. The maximum Gasteiger partial charge on any atom is 0.113 e. The van der Waals surface area contributed by atoms with Gasteiger partial charge in [-0.2, -0.15) is 0 Å². The minimum Gasteiger partial charge on any atom is -0.374 e. The molecule has 4 rings (SSSR count). The van der Waals surface area contributed by atoms with Crippen LogP contribution in [0, 0.1) is 0 Å². The first-order valence-electron chi connectivity index (χ1n) is 6.10. The largest absolute Gasteiger partial charge is 0.374 e. The fraction of sp³-hybridized carbons (Fsp3) is 0.250. The molecule has 92 valence electrons. The van der Waals surface area contributed by atoms with Crippen LogP contribution in [0.3, 0.4) is 0 Å². The molecule has 2 nitrogen and oxygen atoms in total. The van der Waals surface area contributed by atoms with Crippen molar-refractivity contribution in [2.45, 2.75) is 12.2 Å². The van der Waals surface area contributed by atoms with Gasteiger partial charge in [-0.1, -0.05) is 42.5 Å². The number of hydrogen-bond acceptors (Lipinski definition) is 2. The fourth-order valence-corrected chi connectivity index (χ4v) is 2.71. The molecule has 2 aromatic carbocycles. The molecular formula is C16H16O2. The first kappa shape index (κ1) is 11.5. The van der Waals surface area contributed by atoms with Crippen molar-refractivity contribution in [1.29, 1.82) is 0 Å². The Labute approximate surface area is 107 Å². The van der Waals surface area contributed by atoms with Gasteiger partial charge >= 0.3 is 0 Å². The third-order valence-corrected chi connectivity index (χ3v) is 3.58. The van der Waals surface area contributed by atoms with Gasteiger partial charge in [-0.05, 0) is 28.3 Å². The number of fused-ring (bicyclic) bond motifs is 3. The van der Waals surface area contributed by atoms with Gasteiger partial charge in [0.25, 0.3) is 0 Å². The Morgan fingerprint density at radius 3 is 2.22 bits per heavy atom. The van der Waals surface area contributed by atoms with E-state index in [9.17, 15) is 0 Å². The van der Waals surface area contributed by atoms with Gasteiger partial charge in [0.1, 0.15) is 12.2 Å². The molecule has 2 bridgehead atoms. The molecule has 2 aliphatic carbocycles. The summed E-state index contributed by atoms with van der Waals surface area (Å²) < 4.78 is 11.1. The van der Waals surface area contributed by atoms with Crippen LogP contribution in [0.1, 0.15) is 23.3 Å². The summed E-state index contributed by atoms with van der Waals surface area (Å²) in [6, 6.07) is 16.9.